The van der Waals surface area contributed by atoms with Crippen LogP contribution in [-0.2, 0) is 0 Å². The third kappa shape index (κ3) is 3.76. The molecule has 4 nitrogen and oxygen atoms in total. The molecule has 3 N–H and O–H groups in total. The highest BCUT2D eigenvalue weighted by Gasteiger charge is 2.26. The van der Waals surface area contributed by atoms with Gasteiger partial charge in [-0.1, -0.05) is 0 Å². The van der Waals surface area contributed by atoms with Crippen LogP contribution in [0.3, 0.4) is 0 Å². The van der Waals surface area contributed by atoms with Crippen LogP contribution in [0.1, 0.15) is 16.9 Å². The second-order valence-electron chi connectivity index (χ2n) is 3.06. The molecule has 1 heterocycles. The first-order chi connectivity index (χ1) is 7.40. The minimum atomic E-state index is -4.29. The highest BCUT2D eigenvalue weighted by Crippen LogP contribution is 2.18. The highest BCUT2D eigenvalue weighted by molar-refractivity contribution is 5.96. The van der Waals surface area contributed by atoms with E-state index in [1.54, 1.807) is 0 Å². The Hall–Kier alpha value is -1.79. The summed E-state index contributed by atoms with van der Waals surface area (Å²) in [6.07, 6.45) is -4.02. The van der Waals surface area contributed by atoms with Crippen molar-refractivity contribution in [2.24, 2.45) is 0 Å². The Balaban J connectivity index is 2.51. The topological polar surface area (TPSA) is 68.0 Å². The molecule has 0 unspecified atom stereocenters. The zero-order valence-corrected chi connectivity index (χ0v) is 8.21. The highest BCUT2D eigenvalue weighted by atomic mass is 19.4. The van der Waals surface area contributed by atoms with Gasteiger partial charge in [-0.25, -0.2) is 4.98 Å². The number of nitrogen functional groups attached to an aromatic ring is 1. The lowest BCUT2D eigenvalue weighted by Crippen LogP contribution is -2.29. The molecule has 1 aromatic heterocycles. The van der Waals surface area contributed by atoms with Crippen molar-refractivity contribution in [3.8, 4) is 0 Å². The van der Waals surface area contributed by atoms with Crippen LogP contribution in [-0.4, -0.2) is 23.6 Å². The maximum atomic E-state index is 11.8. The van der Waals surface area contributed by atoms with E-state index in [-0.39, 0.29) is 11.4 Å². The zero-order chi connectivity index (χ0) is 12.2. The molecule has 0 aliphatic rings. The van der Waals surface area contributed by atoms with Gasteiger partial charge in [0.15, 0.2) is 5.69 Å². The molecule has 0 saturated heterocycles. The van der Waals surface area contributed by atoms with E-state index in [2.05, 4.69) is 10.3 Å². The average Bonchev–Trinajstić information content (AvgIpc) is 2.16. The second-order valence-corrected chi connectivity index (χ2v) is 3.06. The summed E-state index contributed by atoms with van der Waals surface area (Å²) in [7, 11) is 0. The number of nitrogens with two attached hydrogens (primary N) is 1. The Morgan fingerprint density at radius 2 is 2.19 bits per heavy atom. The quantitative estimate of drug-likeness (QED) is 0.827. The number of anilines is 1. The number of rotatable bonds is 3. The number of nitrogens with one attached hydrogen (secondary N) is 1. The number of nitrogens with zero attached hydrogens (tertiary/aromatic N) is 1. The number of carbonyl (C=O) groups is 1. The Labute approximate surface area is 89.7 Å². The van der Waals surface area contributed by atoms with Gasteiger partial charge in [-0.15, -0.1) is 0 Å². The fourth-order valence-corrected chi connectivity index (χ4v) is 1.01. The van der Waals surface area contributed by atoms with E-state index in [0.717, 1.165) is 0 Å². The minimum absolute atomic E-state index is 0.0651. The number of aromatic nitrogens is 1. The Bertz CT molecular complexity index is 379. The number of hydrogen-bond donors (Lipinski definition) is 2. The summed E-state index contributed by atoms with van der Waals surface area (Å²) < 4.78 is 35.4. The SMILES string of the molecule is Nc1cccnc1C(=O)NCCC(F)(F)F. The normalized spacial score (nSPS) is 11.2. The van der Waals surface area contributed by atoms with Crippen LogP contribution in [0.5, 0.6) is 0 Å². The summed E-state index contributed by atoms with van der Waals surface area (Å²) in [5.41, 5.74) is 5.50. The molecule has 0 spiro atoms. The summed E-state index contributed by atoms with van der Waals surface area (Å²) in [4.78, 5) is 15.0. The van der Waals surface area contributed by atoms with Crippen LogP contribution in [0.25, 0.3) is 0 Å². The largest absolute Gasteiger partial charge is 0.397 e. The van der Waals surface area contributed by atoms with Crippen LogP contribution in [0.2, 0.25) is 0 Å². The van der Waals surface area contributed by atoms with E-state index >= 15 is 0 Å². The van der Waals surface area contributed by atoms with E-state index in [1.807, 2.05) is 0 Å². The predicted octanol–water partition coefficient (Wildman–Crippen LogP) is 1.35. The van der Waals surface area contributed by atoms with Crippen molar-refractivity contribution in [3.05, 3.63) is 24.0 Å². The monoisotopic (exact) mass is 233 g/mol. The molecule has 0 fully saturated rings. The fraction of sp³-hybridized carbons (Fsp3) is 0.333. The van der Waals surface area contributed by atoms with Crippen LogP contribution in [0.15, 0.2) is 18.3 Å². The van der Waals surface area contributed by atoms with Gasteiger partial charge < -0.3 is 11.1 Å². The third-order valence-corrected chi connectivity index (χ3v) is 1.75. The maximum absolute atomic E-state index is 11.8. The van der Waals surface area contributed by atoms with Crippen LogP contribution in [0, 0.1) is 0 Å². The first-order valence-electron chi connectivity index (χ1n) is 4.45. The first-order valence-corrected chi connectivity index (χ1v) is 4.45. The van der Waals surface area contributed by atoms with Gasteiger partial charge in [-0.2, -0.15) is 13.2 Å². The second kappa shape index (κ2) is 4.82. The molecule has 0 aromatic carbocycles. The molecule has 0 saturated carbocycles. The Kier molecular flexibility index (Phi) is 3.70. The van der Waals surface area contributed by atoms with Gasteiger partial charge in [0, 0.05) is 12.7 Å². The van der Waals surface area contributed by atoms with Crippen LogP contribution in [0.4, 0.5) is 18.9 Å². The number of pyridine rings is 1. The lowest BCUT2D eigenvalue weighted by molar-refractivity contribution is -0.132. The summed E-state index contributed by atoms with van der Waals surface area (Å²) in [5.74, 6) is -0.706. The first kappa shape index (κ1) is 12.3. The molecular weight excluding hydrogens is 223 g/mol. The predicted molar refractivity (Wildman–Crippen MR) is 51.7 cm³/mol. The van der Waals surface area contributed by atoms with Crippen molar-refractivity contribution in [3.63, 3.8) is 0 Å². The third-order valence-electron chi connectivity index (χ3n) is 1.75. The summed E-state index contributed by atoms with van der Waals surface area (Å²) in [6, 6.07) is 2.98. The lowest BCUT2D eigenvalue weighted by atomic mass is 10.3. The van der Waals surface area contributed by atoms with Crippen molar-refractivity contribution in [1.82, 2.24) is 10.3 Å². The molecule has 0 aliphatic carbocycles. The summed E-state index contributed by atoms with van der Waals surface area (Å²) >= 11 is 0. The molecular formula is C9H10F3N3O. The van der Waals surface area contributed by atoms with Crippen molar-refractivity contribution in [1.29, 1.82) is 0 Å². The number of hydrogen-bond acceptors (Lipinski definition) is 3. The fourth-order valence-electron chi connectivity index (χ4n) is 1.01. The van der Waals surface area contributed by atoms with E-state index in [9.17, 15) is 18.0 Å². The minimum Gasteiger partial charge on any atom is -0.397 e. The van der Waals surface area contributed by atoms with Crippen molar-refractivity contribution in [2.75, 3.05) is 12.3 Å². The van der Waals surface area contributed by atoms with E-state index < -0.39 is 25.0 Å². The van der Waals surface area contributed by atoms with Gasteiger partial charge in [-0.05, 0) is 12.1 Å². The van der Waals surface area contributed by atoms with Crippen LogP contribution < -0.4 is 11.1 Å². The zero-order valence-electron chi connectivity index (χ0n) is 8.21. The molecule has 0 radical (unpaired) electrons. The molecule has 88 valence electrons. The summed E-state index contributed by atoms with van der Waals surface area (Å²) in [6.45, 7) is -0.488. The van der Waals surface area contributed by atoms with E-state index in [4.69, 9.17) is 5.73 Å². The molecule has 7 heteroatoms. The van der Waals surface area contributed by atoms with Gasteiger partial charge in [-0.3, -0.25) is 4.79 Å². The van der Waals surface area contributed by atoms with Crippen LogP contribution >= 0.6 is 0 Å². The van der Waals surface area contributed by atoms with Gasteiger partial charge in [0.05, 0.1) is 12.1 Å². The lowest BCUT2D eigenvalue weighted by Gasteiger charge is -2.08. The number of carbonyl (C=O) groups excluding carboxylic acids is 1. The number of halogens is 3. The molecule has 1 aromatic rings. The maximum Gasteiger partial charge on any atom is 0.390 e. The van der Waals surface area contributed by atoms with Crippen molar-refractivity contribution >= 4 is 11.6 Å². The van der Waals surface area contributed by atoms with Crippen molar-refractivity contribution < 1.29 is 18.0 Å². The average molecular weight is 233 g/mol. The Morgan fingerprint density at radius 3 is 2.75 bits per heavy atom. The standard InChI is InChI=1S/C9H10F3N3O/c10-9(11,12)3-5-15-8(16)7-6(13)2-1-4-14-7/h1-2,4H,3,5,13H2,(H,15,16). The molecule has 0 bridgehead atoms. The summed E-state index contributed by atoms with van der Waals surface area (Å²) in [5, 5.41) is 2.09. The number of alkyl halides is 3. The van der Waals surface area contributed by atoms with Crippen molar-refractivity contribution in [2.45, 2.75) is 12.6 Å². The number of amides is 1. The smallest absolute Gasteiger partial charge is 0.390 e. The van der Waals surface area contributed by atoms with Gasteiger partial charge in [0.2, 0.25) is 0 Å². The Morgan fingerprint density at radius 1 is 1.50 bits per heavy atom. The van der Waals surface area contributed by atoms with E-state index in [1.165, 1.54) is 18.3 Å². The van der Waals surface area contributed by atoms with Gasteiger partial charge in [0.1, 0.15) is 0 Å². The van der Waals surface area contributed by atoms with Gasteiger partial charge >= 0.3 is 6.18 Å². The van der Waals surface area contributed by atoms with Gasteiger partial charge in [0.25, 0.3) is 5.91 Å². The molecule has 16 heavy (non-hydrogen) atoms. The van der Waals surface area contributed by atoms with E-state index in [0.29, 0.717) is 0 Å². The molecule has 0 aliphatic heterocycles. The molecule has 1 amide bonds. The molecule has 1 rings (SSSR count). The molecule has 0 atom stereocenters.